The summed E-state index contributed by atoms with van der Waals surface area (Å²) < 4.78 is 10.1. The van der Waals surface area contributed by atoms with Crippen LogP contribution >= 0.6 is 0 Å². The first-order valence-electron chi connectivity index (χ1n) is 10.9. The average molecular weight is 438 g/mol. The summed E-state index contributed by atoms with van der Waals surface area (Å²) in [6.07, 6.45) is 0. The van der Waals surface area contributed by atoms with Gasteiger partial charge in [-0.3, -0.25) is 23.4 Å². The smallest absolute Gasteiger partial charge is 0.332 e. The van der Waals surface area contributed by atoms with Gasteiger partial charge in [-0.1, -0.05) is 30.3 Å². The summed E-state index contributed by atoms with van der Waals surface area (Å²) >= 11 is 0. The molecule has 32 heavy (non-hydrogen) atoms. The van der Waals surface area contributed by atoms with Crippen LogP contribution in [0.1, 0.15) is 12.5 Å². The van der Waals surface area contributed by atoms with Crippen molar-refractivity contribution in [1.29, 1.82) is 0 Å². The predicted molar refractivity (Wildman–Crippen MR) is 122 cm³/mol. The van der Waals surface area contributed by atoms with E-state index in [1.54, 1.807) is 7.05 Å². The second-order valence-corrected chi connectivity index (χ2v) is 8.30. The first-order valence-corrected chi connectivity index (χ1v) is 10.9. The van der Waals surface area contributed by atoms with Gasteiger partial charge in [-0.15, -0.1) is 0 Å². The number of imidazole rings is 1. The molecule has 1 fully saturated rings. The third-order valence-corrected chi connectivity index (χ3v) is 6.04. The fourth-order valence-corrected chi connectivity index (χ4v) is 4.33. The summed E-state index contributed by atoms with van der Waals surface area (Å²) in [7, 11) is 1.66. The number of morpholine rings is 1. The number of aryl methyl sites for hydroxylation is 1. The van der Waals surface area contributed by atoms with E-state index in [4.69, 9.17) is 9.72 Å². The Labute approximate surface area is 184 Å². The van der Waals surface area contributed by atoms with E-state index in [0.29, 0.717) is 30.2 Å². The van der Waals surface area contributed by atoms with Crippen LogP contribution in [0.25, 0.3) is 11.2 Å². The van der Waals surface area contributed by atoms with E-state index in [9.17, 15) is 9.59 Å². The van der Waals surface area contributed by atoms with E-state index < -0.39 is 0 Å². The quantitative estimate of drug-likeness (QED) is 0.577. The molecule has 2 aromatic heterocycles. The van der Waals surface area contributed by atoms with Crippen LogP contribution in [-0.4, -0.2) is 68.7 Å². The maximum atomic E-state index is 13.5. The van der Waals surface area contributed by atoms with E-state index in [2.05, 4.69) is 10.0 Å². The second kappa shape index (κ2) is 8.36. The molecule has 10 nitrogen and oxygen atoms in total. The minimum atomic E-state index is -0.376. The first kappa shape index (κ1) is 20.7. The van der Waals surface area contributed by atoms with Gasteiger partial charge in [0, 0.05) is 26.7 Å². The van der Waals surface area contributed by atoms with E-state index >= 15 is 0 Å². The van der Waals surface area contributed by atoms with Crippen molar-refractivity contribution in [2.24, 2.45) is 12.1 Å². The zero-order chi connectivity index (χ0) is 22.2. The topological polar surface area (TPSA) is 89.9 Å². The van der Waals surface area contributed by atoms with Crippen LogP contribution in [-0.2, 0) is 24.9 Å². The summed E-state index contributed by atoms with van der Waals surface area (Å²) in [5.74, 6) is 0.600. The Morgan fingerprint density at radius 1 is 1.06 bits per heavy atom. The normalized spacial score (nSPS) is 16.9. The van der Waals surface area contributed by atoms with Gasteiger partial charge in [-0.25, -0.2) is 9.80 Å². The van der Waals surface area contributed by atoms with E-state index in [0.717, 1.165) is 44.1 Å². The minimum Gasteiger partial charge on any atom is -0.379 e. The van der Waals surface area contributed by atoms with Crippen molar-refractivity contribution < 1.29 is 4.74 Å². The van der Waals surface area contributed by atoms with Crippen LogP contribution in [0.15, 0.2) is 45.0 Å². The summed E-state index contributed by atoms with van der Waals surface area (Å²) in [5, 5.41) is 6.53. The van der Waals surface area contributed by atoms with Crippen LogP contribution in [0.4, 0.5) is 5.95 Å². The number of hydrazone groups is 1. The lowest BCUT2D eigenvalue weighted by atomic mass is 10.2. The number of nitrogens with zero attached hydrogens (tertiary/aromatic N) is 7. The third kappa shape index (κ3) is 3.65. The van der Waals surface area contributed by atoms with Gasteiger partial charge in [0.2, 0.25) is 5.95 Å². The highest BCUT2D eigenvalue weighted by Crippen LogP contribution is 2.23. The zero-order valence-electron chi connectivity index (χ0n) is 18.4. The molecule has 10 heteroatoms. The zero-order valence-corrected chi connectivity index (χ0v) is 18.4. The standard InChI is InChI=1S/C22H27N7O3/c1-16-14-27-18-19(23-21(27)29(24-16)9-8-26-10-12-32-13-11-26)25(2)22(31)28(20(18)30)15-17-6-4-3-5-7-17/h3-7H,8-15H2,1-2H3. The Kier molecular flexibility index (Phi) is 5.40. The fraction of sp³-hybridized carbons (Fsp3) is 0.455. The summed E-state index contributed by atoms with van der Waals surface area (Å²) in [6, 6.07) is 9.53. The van der Waals surface area contributed by atoms with Crippen molar-refractivity contribution in [2.45, 2.75) is 20.0 Å². The SMILES string of the molecule is CC1=NN(CCN2CCOCC2)c2nc3c(c(=O)n(Cc4ccccc4)c(=O)n3C)n2C1. The minimum absolute atomic E-state index is 0.219. The van der Waals surface area contributed by atoms with Crippen LogP contribution in [0.5, 0.6) is 0 Å². The molecule has 0 bridgehead atoms. The van der Waals surface area contributed by atoms with Crippen molar-refractivity contribution in [3.8, 4) is 0 Å². The lowest BCUT2D eigenvalue weighted by Gasteiger charge is -2.30. The number of aromatic nitrogens is 4. The van der Waals surface area contributed by atoms with Crippen molar-refractivity contribution >= 4 is 22.8 Å². The van der Waals surface area contributed by atoms with Crippen LogP contribution < -0.4 is 16.3 Å². The van der Waals surface area contributed by atoms with Crippen molar-refractivity contribution in [2.75, 3.05) is 44.4 Å². The molecule has 0 radical (unpaired) electrons. The van der Waals surface area contributed by atoms with Crippen molar-refractivity contribution in [3.63, 3.8) is 0 Å². The maximum absolute atomic E-state index is 13.5. The number of hydrogen-bond donors (Lipinski definition) is 0. The summed E-state index contributed by atoms with van der Waals surface area (Å²) in [4.78, 5) is 33.5. The molecule has 1 aromatic carbocycles. The monoisotopic (exact) mass is 437 g/mol. The number of benzene rings is 1. The second-order valence-electron chi connectivity index (χ2n) is 8.30. The Morgan fingerprint density at radius 3 is 2.56 bits per heavy atom. The molecule has 2 aliphatic rings. The molecule has 168 valence electrons. The largest absolute Gasteiger partial charge is 0.379 e. The Morgan fingerprint density at radius 2 is 1.81 bits per heavy atom. The molecule has 0 unspecified atom stereocenters. The molecular weight excluding hydrogens is 410 g/mol. The number of anilines is 1. The molecule has 5 rings (SSSR count). The number of hydrogen-bond acceptors (Lipinski definition) is 7. The third-order valence-electron chi connectivity index (χ3n) is 6.04. The van der Waals surface area contributed by atoms with Gasteiger partial charge in [0.15, 0.2) is 11.2 Å². The molecular formula is C22H27N7O3. The summed E-state index contributed by atoms with van der Waals surface area (Å²) in [5.41, 5.74) is 1.91. The lowest BCUT2D eigenvalue weighted by molar-refractivity contribution is 0.0391. The van der Waals surface area contributed by atoms with Gasteiger partial charge in [0.25, 0.3) is 5.56 Å². The molecule has 0 N–H and O–H groups in total. The Balaban J connectivity index is 1.55. The maximum Gasteiger partial charge on any atom is 0.332 e. The van der Waals surface area contributed by atoms with Gasteiger partial charge in [0.05, 0.1) is 38.6 Å². The molecule has 0 amide bonds. The molecule has 4 heterocycles. The van der Waals surface area contributed by atoms with Crippen LogP contribution in [0.3, 0.4) is 0 Å². The highest BCUT2D eigenvalue weighted by atomic mass is 16.5. The Hall–Kier alpha value is -3.24. The van der Waals surface area contributed by atoms with Crippen LogP contribution in [0, 0.1) is 0 Å². The number of fused-ring (bicyclic) bond motifs is 3. The van der Waals surface area contributed by atoms with Gasteiger partial charge >= 0.3 is 5.69 Å². The highest BCUT2D eigenvalue weighted by Gasteiger charge is 2.27. The van der Waals surface area contributed by atoms with E-state index in [1.807, 2.05) is 46.8 Å². The van der Waals surface area contributed by atoms with Crippen molar-refractivity contribution in [1.82, 2.24) is 23.6 Å². The lowest BCUT2D eigenvalue weighted by Crippen LogP contribution is -2.42. The van der Waals surface area contributed by atoms with E-state index in [1.165, 1.54) is 9.13 Å². The molecule has 3 aromatic rings. The molecule has 0 spiro atoms. The fourth-order valence-electron chi connectivity index (χ4n) is 4.33. The van der Waals surface area contributed by atoms with Gasteiger partial charge < -0.3 is 4.74 Å². The summed E-state index contributed by atoms with van der Waals surface area (Å²) in [6.45, 7) is 7.37. The molecule has 0 saturated carbocycles. The van der Waals surface area contributed by atoms with Crippen molar-refractivity contribution in [3.05, 3.63) is 56.7 Å². The predicted octanol–water partition coefficient (Wildman–Crippen LogP) is 0.473. The molecule has 0 aliphatic carbocycles. The van der Waals surface area contributed by atoms with Gasteiger partial charge in [-0.05, 0) is 12.5 Å². The first-order chi connectivity index (χ1) is 15.5. The van der Waals surface area contributed by atoms with Gasteiger partial charge in [-0.2, -0.15) is 10.1 Å². The number of ether oxygens (including phenoxy) is 1. The number of rotatable bonds is 5. The molecule has 2 aliphatic heterocycles. The van der Waals surface area contributed by atoms with E-state index in [-0.39, 0.29) is 17.8 Å². The van der Waals surface area contributed by atoms with Crippen LogP contribution in [0.2, 0.25) is 0 Å². The highest BCUT2D eigenvalue weighted by molar-refractivity contribution is 5.87. The van der Waals surface area contributed by atoms with Gasteiger partial charge in [0.1, 0.15) is 0 Å². The Bertz CT molecular complexity index is 1280. The molecule has 1 saturated heterocycles. The average Bonchev–Trinajstić information content (AvgIpc) is 3.20. The molecule has 0 atom stereocenters.